The average molecular weight is 287 g/mol. The summed E-state index contributed by atoms with van der Waals surface area (Å²) in [6.07, 6.45) is 2.16. The van der Waals surface area contributed by atoms with Crippen LogP contribution in [0.1, 0.15) is 22.3 Å². The number of hydrogen-bond acceptors (Lipinski definition) is 2. The Kier molecular flexibility index (Phi) is 3.61. The van der Waals surface area contributed by atoms with E-state index in [0.717, 1.165) is 30.8 Å². The van der Waals surface area contributed by atoms with Crippen molar-refractivity contribution in [3.8, 4) is 0 Å². The van der Waals surface area contributed by atoms with Gasteiger partial charge in [0.05, 0.1) is 10.6 Å². The monoisotopic (exact) mass is 286 g/mol. The van der Waals surface area contributed by atoms with E-state index < -0.39 is 0 Å². The predicted molar refractivity (Wildman–Crippen MR) is 82.7 cm³/mol. The summed E-state index contributed by atoms with van der Waals surface area (Å²) in [5.41, 5.74) is 3.70. The summed E-state index contributed by atoms with van der Waals surface area (Å²) in [5.74, 6) is -0.181. The lowest BCUT2D eigenvalue weighted by Crippen LogP contribution is -2.15. The highest BCUT2D eigenvalue weighted by atomic mass is 35.5. The molecule has 2 aromatic rings. The van der Waals surface area contributed by atoms with Gasteiger partial charge in [0.25, 0.3) is 5.91 Å². The van der Waals surface area contributed by atoms with Crippen molar-refractivity contribution in [2.24, 2.45) is 0 Å². The predicted octanol–water partition coefficient (Wildman–Crippen LogP) is 3.95. The van der Waals surface area contributed by atoms with Gasteiger partial charge in [-0.15, -0.1) is 0 Å². The second-order valence-corrected chi connectivity index (χ2v) is 5.24. The highest BCUT2D eigenvalue weighted by Crippen LogP contribution is 2.25. The minimum absolute atomic E-state index is 0.181. The van der Waals surface area contributed by atoms with Crippen LogP contribution in [-0.2, 0) is 6.42 Å². The molecule has 102 valence electrons. The average Bonchev–Trinajstić information content (AvgIpc) is 2.47. The topological polar surface area (TPSA) is 41.1 Å². The number of aryl methyl sites for hydroxylation is 1. The maximum absolute atomic E-state index is 12.2. The molecule has 0 unspecified atom stereocenters. The Morgan fingerprint density at radius 1 is 1.20 bits per heavy atom. The van der Waals surface area contributed by atoms with Gasteiger partial charge in [0.15, 0.2) is 0 Å². The van der Waals surface area contributed by atoms with Gasteiger partial charge in [-0.05, 0) is 48.7 Å². The molecule has 0 fully saturated rings. The van der Waals surface area contributed by atoms with Gasteiger partial charge in [-0.1, -0.05) is 23.7 Å². The van der Waals surface area contributed by atoms with Crippen LogP contribution in [0, 0.1) is 0 Å². The number of anilines is 2. The zero-order valence-corrected chi connectivity index (χ0v) is 11.7. The molecule has 0 atom stereocenters. The lowest BCUT2D eigenvalue weighted by Gasteiger charge is -2.18. The molecule has 3 nitrogen and oxygen atoms in total. The van der Waals surface area contributed by atoms with Crippen molar-refractivity contribution in [3.05, 3.63) is 58.6 Å². The third-order valence-electron chi connectivity index (χ3n) is 3.42. The van der Waals surface area contributed by atoms with Crippen molar-refractivity contribution in [1.29, 1.82) is 0 Å². The highest BCUT2D eigenvalue weighted by molar-refractivity contribution is 6.34. The molecule has 2 N–H and O–H groups in total. The van der Waals surface area contributed by atoms with Gasteiger partial charge in [-0.2, -0.15) is 0 Å². The molecule has 0 spiro atoms. The Bertz CT molecular complexity index is 655. The fourth-order valence-electron chi connectivity index (χ4n) is 2.40. The summed E-state index contributed by atoms with van der Waals surface area (Å²) in [5, 5.41) is 6.71. The first-order valence-electron chi connectivity index (χ1n) is 6.67. The number of carbonyl (C=O) groups is 1. The smallest absolute Gasteiger partial charge is 0.257 e. The van der Waals surface area contributed by atoms with Gasteiger partial charge < -0.3 is 10.6 Å². The van der Waals surface area contributed by atoms with E-state index in [0.29, 0.717) is 10.6 Å². The Morgan fingerprint density at radius 3 is 2.90 bits per heavy atom. The molecule has 1 aliphatic heterocycles. The van der Waals surface area contributed by atoms with Crippen LogP contribution in [0.2, 0.25) is 5.02 Å². The fourth-order valence-corrected chi connectivity index (χ4v) is 2.62. The van der Waals surface area contributed by atoms with Gasteiger partial charge in [-0.3, -0.25) is 4.79 Å². The van der Waals surface area contributed by atoms with Crippen LogP contribution in [-0.4, -0.2) is 12.5 Å². The van der Waals surface area contributed by atoms with Crippen LogP contribution in [0.3, 0.4) is 0 Å². The zero-order valence-electron chi connectivity index (χ0n) is 10.9. The minimum Gasteiger partial charge on any atom is -0.385 e. The Morgan fingerprint density at radius 2 is 2.05 bits per heavy atom. The van der Waals surface area contributed by atoms with Gasteiger partial charge >= 0.3 is 0 Å². The van der Waals surface area contributed by atoms with E-state index in [4.69, 9.17) is 11.6 Å². The van der Waals surface area contributed by atoms with Crippen LogP contribution in [0.15, 0.2) is 42.5 Å². The number of hydrogen-bond donors (Lipinski definition) is 2. The molecule has 0 saturated carbocycles. The molecular formula is C16H15ClN2O. The normalized spacial score (nSPS) is 13.2. The maximum Gasteiger partial charge on any atom is 0.257 e. The standard InChI is InChI=1S/C16H15ClN2O/c17-14-6-2-1-5-13(14)16(20)19-12-7-8-15-11(10-12)4-3-9-18-15/h1-2,5-8,10,18H,3-4,9H2,(H,19,20). The van der Waals surface area contributed by atoms with Crippen molar-refractivity contribution < 1.29 is 4.79 Å². The minimum atomic E-state index is -0.181. The van der Waals surface area contributed by atoms with E-state index in [2.05, 4.69) is 10.6 Å². The quantitative estimate of drug-likeness (QED) is 0.878. The fraction of sp³-hybridized carbons (Fsp3) is 0.188. The number of nitrogens with one attached hydrogen (secondary N) is 2. The summed E-state index contributed by atoms with van der Waals surface area (Å²) in [4.78, 5) is 12.2. The number of amides is 1. The maximum atomic E-state index is 12.2. The second-order valence-electron chi connectivity index (χ2n) is 4.84. The van der Waals surface area contributed by atoms with E-state index >= 15 is 0 Å². The zero-order chi connectivity index (χ0) is 13.9. The second kappa shape index (κ2) is 5.55. The summed E-state index contributed by atoms with van der Waals surface area (Å²) >= 11 is 6.03. The van der Waals surface area contributed by atoms with E-state index in [1.54, 1.807) is 18.2 Å². The third kappa shape index (κ3) is 2.63. The Balaban J connectivity index is 1.81. The molecule has 2 aromatic carbocycles. The molecular weight excluding hydrogens is 272 g/mol. The van der Waals surface area contributed by atoms with E-state index in [1.165, 1.54) is 5.56 Å². The number of carbonyl (C=O) groups excluding carboxylic acids is 1. The molecule has 0 aromatic heterocycles. The summed E-state index contributed by atoms with van der Waals surface area (Å²) in [6.45, 7) is 1.01. The lowest BCUT2D eigenvalue weighted by molar-refractivity contribution is 0.102. The van der Waals surface area contributed by atoms with Crippen LogP contribution >= 0.6 is 11.6 Å². The Labute approximate surface area is 123 Å². The number of benzene rings is 2. The van der Waals surface area contributed by atoms with Crippen LogP contribution in [0.4, 0.5) is 11.4 Å². The van der Waals surface area contributed by atoms with Gasteiger partial charge in [0.1, 0.15) is 0 Å². The van der Waals surface area contributed by atoms with Crippen molar-refractivity contribution >= 4 is 28.9 Å². The number of halogens is 1. The van der Waals surface area contributed by atoms with E-state index in [9.17, 15) is 4.79 Å². The van der Waals surface area contributed by atoms with Crippen LogP contribution < -0.4 is 10.6 Å². The first-order valence-corrected chi connectivity index (χ1v) is 7.04. The number of fused-ring (bicyclic) bond motifs is 1. The molecule has 20 heavy (non-hydrogen) atoms. The first kappa shape index (κ1) is 13.0. The molecule has 4 heteroatoms. The van der Waals surface area contributed by atoms with Crippen molar-refractivity contribution in [1.82, 2.24) is 0 Å². The van der Waals surface area contributed by atoms with Crippen LogP contribution in [0.25, 0.3) is 0 Å². The Hall–Kier alpha value is -2.00. The van der Waals surface area contributed by atoms with E-state index in [1.807, 2.05) is 24.3 Å². The van der Waals surface area contributed by atoms with Crippen LogP contribution in [0.5, 0.6) is 0 Å². The van der Waals surface area contributed by atoms with Crippen molar-refractivity contribution in [3.63, 3.8) is 0 Å². The van der Waals surface area contributed by atoms with Gasteiger partial charge in [0, 0.05) is 17.9 Å². The third-order valence-corrected chi connectivity index (χ3v) is 3.75. The molecule has 1 aliphatic rings. The summed E-state index contributed by atoms with van der Waals surface area (Å²) in [7, 11) is 0. The molecule has 1 heterocycles. The van der Waals surface area contributed by atoms with E-state index in [-0.39, 0.29) is 5.91 Å². The molecule has 0 bridgehead atoms. The SMILES string of the molecule is O=C(Nc1ccc2c(c1)CCCN2)c1ccccc1Cl. The molecule has 0 radical (unpaired) electrons. The molecule has 0 saturated heterocycles. The first-order chi connectivity index (χ1) is 9.74. The van der Waals surface area contributed by atoms with Crippen molar-refractivity contribution in [2.75, 3.05) is 17.2 Å². The molecule has 0 aliphatic carbocycles. The molecule has 1 amide bonds. The molecule has 3 rings (SSSR count). The summed E-state index contributed by atoms with van der Waals surface area (Å²) < 4.78 is 0. The number of rotatable bonds is 2. The van der Waals surface area contributed by atoms with Crippen molar-refractivity contribution in [2.45, 2.75) is 12.8 Å². The largest absolute Gasteiger partial charge is 0.385 e. The van der Waals surface area contributed by atoms with Gasteiger partial charge in [-0.25, -0.2) is 0 Å². The highest BCUT2D eigenvalue weighted by Gasteiger charge is 2.12. The van der Waals surface area contributed by atoms with Gasteiger partial charge in [0.2, 0.25) is 0 Å². The lowest BCUT2D eigenvalue weighted by atomic mass is 10.0. The summed E-state index contributed by atoms with van der Waals surface area (Å²) in [6, 6.07) is 13.0.